The number of methoxy groups -OCH3 is 1. The third-order valence-electron chi connectivity index (χ3n) is 3.01. The first-order valence-electron chi connectivity index (χ1n) is 7.15. The van der Waals surface area contributed by atoms with Gasteiger partial charge in [0.15, 0.2) is 5.13 Å². The van der Waals surface area contributed by atoms with Gasteiger partial charge in [-0.25, -0.2) is 4.98 Å². The molecule has 0 radical (unpaired) electrons. The predicted octanol–water partition coefficient (Wildman–Crippen LogP) is 3.39. The summed E-state index contributed by atoms with van der Waals surface area (Å²) in [5.74, 6) is 0.444. The Bertz CT molecular complexity index is 697. The minimum Gasteiger partial charge on any atom is -0.494 e. The van der Waals surface area contributed by atoms with E-state index in [9.17, 15) is 9.59 Å². The summed E-state index contributed by atoms with van der Waals surface area (Å²) in [5.41, 5.74) is 1.34. The fourth-order valence-corrected chi connectivity index (χ4v) is 2.88. The van der Waals surface area contributed by atoms with Gasteiger partial charge in [-0.3, -0.25) is 9.59 Å². The Balaban J connectivity index is 2.33. The summed E-state index contributed by atoms with van der Waals surface area (Å²) in [7, 11) is 1.55. The van der Waals surface area contributed by atoms with Gasteiger partial charge in [-0.1, -0.05) is 25.2 Å². The summed E-state index contributed by atoms with van der Waals surface area (Å²) in [6, 6.07) is 3.58. The highest BCUT2D eigenvalue weighted by molar-refractivity contribution is 7.22. The van der Waals surface area contributed by atoms with E-state index in [0.29, 0.717) is 34.9 Å². The summed E-state index contributed by atoms with van der Waals surface area (Å²) in [4.78, 5) is 27.6. The van der Waals surface area contributed by atoms with Crippen LogP contribution in [0.1, 0.15) is 33.1 Å². The molecule has 0 spiro atoms. The summed E-state index contributed by atoms with van der Waals surface area (Å²) >= 11 is 1.35. The van der Waals surface area contributed by atoms with Crippen LogP contribution in [-0.4, -0.2) is 23.9 Å². The largest absolute Gasteiger partial charge is 0.494 e. The van der Waals surface area contributed by atoms with Gasteiger partial charge in [0.25, 0.3) is 0 Å². The quantitative estimate of drug-likeness (QED) is 0.854. The number of carbonyl (C=O) groups is 2. The molecule has 1 aromatic heterocycles. The van der Waals surface area contributed by atoms with Crippen molar-refractivity contribution < 1.29 is 14.3 Å². The highest BCUT2D eigenvalue weighted by atomic mass is 32.1. The van der Waals surface area contributed by atoms with Gasteiger partial charge >= 0.3 is 0 Å². The number of ether oxygens (including phenoxy) is 1. The number of thiazole rings is 1. The van der Waals surface area contributed by atoms with Crippen molar-refractivity contribution in [2.45, 2.75) is 33.1 Å². The zero-order valence-corrected chi connectivity index (χ0v) is 13.7. The van der Waals surface area contributed by atoms with Crippen LogP contribution in [0.5, 0.6) is 5.75 Å². The lowest BCUT2D eigenvalue weighted by atomic mass is 10.2. The Kier molecular flexibility index (Phi) is 5.32. The average molecular weight is 321 g/mol. The van der Waals surface area contributed by atoms with Crippen LogP contribution >= 0.6 is 11.3 Å². The lowest BCUT2D eigenvalue weighted by Gasteiger charge is -2.07. The van der Waals surface area contributed by atoms with Crippen LogP contribution in [0.25, 0.3) is 10.2 Å². The van der Waals surface area contributed by atoms with E-state index in [4.69, 9.17) is 4.74 Å². The topological polar surface area (TPSA) is 80.3 Å². The van der Waals surface area contributed by atoms with Gasteiger partial charge in [-0.05, 0) is 12.5 Å². The highest BCUT2D eigenvalue weighted by Crippen LogP contribution is 2.35. The molecular formula is C15H19N3O3S. The van der Waals surface area contributed by atoms with Gasteiger partial charge in [-0.2, -0.15) is 0 Å². The highest BCUT2D eigenvalue weighted by Gasteiger charge is 2.13. The molecule has 2 aromatic rings. The molecule has 118 valence electrons. The fraction of sp³-hybridized carbons (Fsp3) is 0.400. The molecule has 0 bridgehead atoms. The smallest absolute Gasteiger partial charge is 0.225 e. The monoisotopic (exact) mass is 321 g/mol. The zero-order valence-electron chi connectivity index (χ0n) is 12.9. The van der Waals surface area contributed by atoms with Crippen molar-refractivity contribution in [1.82, 2.24) is 4.98 Å². The number of hydrogen-bond acceptors (Lipinski definition) is 5. The maximum Gasteiger partial charge on any atom is 0.225 e. The van der Waals surface area contributed by atoms with Crippen LogP contribution in [0.4, 0.5) is 10.8 Å². The van der Waals surface area contributed by atoms with Crippen LogP contribution in [0.3, 0.4) is 0 Å². The first kappa shape index (κ1) is 16.2. The van der Waals surface area contributed by atoms with E-state index in [2.05, 4.69) is 15.6 Å². The average Bonchev–Trinajstić information content (AvgIpc) is 2.88. The van der Waals surface area contributed by atoms with E-state index in [1.165, 1.54) is 11.3 Å². The summed E-state index contributed by atoms with van der Waals surface area (Å²) in [5, 5.41) is 6.11. The van der Waals surface area contributed by atoms with Gasteiger partial charge < -0.3 is 15.4 Å². The Hall–Kier alpha value is -2.15. The van der Waals surface area contributed by atoms with E-state index in [-0.39, 0.29) is 11.8 Å². The molecule has 2 rings (SSSR count). The molecule has 2 N–H and O–H groups in total. The number of nitrogens with zero attached hydrogens (tertiary/aromatic N) is 1. The minimum absolute atomic E-state index is 0.0343. The van der Waals surface area contributed by atoms with E-state index in [1.807, 2.05) is 13.0 Å². The lowest BCUT2D eigenvalue weighted by Crippen LogP contribution is -2.10. The molecule has 0 atom stereocenters. The fourth-order valence-electron chi connectivity index (χ4n) is 1.94. The number of hydrogen-bond donors (Lipinski definition) is 2. The second-order valence-corrected chi connectivity index (χ2v) is 5.77. The first-order valence-corrected chi connectivity index (χ1v) is 7.97. The maximum absolute atomic E-state index is 11.7. The molecule has 2 amide bonds. The van der Waals surface area contributed by atoms with E-state index in [0.717, 1.165) is 11.1 Å². The van der Waals surface area contributed by atoms with Crippen molar-refractivity contribution in [3.8, 4) is 5.75 Å². The summed E-state index contributed by atoms with van der Waals surface area (Å²) in [6.45, 7) is 3.74. The van der Waals surface area contributed by atoms with Gasteiger partial charge in [-0.15, -0.1) is 0 Å². The van der Waals surface area contributed by atoms with E-state index in [1.54, 1.807) is 20.1 Å². The lowest BCUT2D eigenvalue weighted by molar-refractivity contribution is -0.116. The van der Waals surface area contributed by atoms with Crippen LogP contribution in [0.2, 0.25) is 0 Å². The molecule has 6 nitrogen and oxygen atoms in total. The first-order chi connectivity index (χ1) is 10.6. The second kappa shape index (κ2) is 7.22. The van der Waals surface area contributed by atoms with Crippen LogP contribution in [0.15, 0.2) is 12.1 Å². The molecule has 0 aliphatic rings. The standard InChI is InChI=1S/C15H19N3O3S/c1-4-6-13(20)16-9-7-10(21-3)14-11(8-9)22-15(18-14)17-12(19)5-2/h7-8H,4-6H2,1-3H3,(H,16,20)(H,17,18,19). The summed E-state index contributed by atoms with van der Waals surface area (Å²) < 4.78 is 6.18. The molecular weight excluding hydrogens is 302 g/mol. The molecule has 0 saturated heterocycles. The molecule has 0 aliphatic carbocycles. The molecule has 0 aliphatic heterocycles. The van der Waals surface area contributed by atoms with E-state index >= 15 is 0 Å². The van der Waals surface area contributed by atoms with Crippen molar-refractivity contribution >= 4 is 44.2 Å². The predicted molar refractivity (Wildman–Crippen MR) is 88.6 cm³/mol. The third kappa shape index (κ3) is 3.73. The van der Waals surface area contributed by atoms with Gasteiger partial charge in [0.2, 0.25) is 11.8 Å². The van der Waals surface area contributed by atoms with Crippen molar-refractivity contribution in [2.24, 2.45) is 0 Å². The number of aromatic nitrogens is 1. The van der Waals surface area contributed by atoms with Gasteiger partial charge in [0.05, 0.1) is 11.8 Å². The van der Waals surface area contributed by atoms with Crippen LogP contribution in [0, 0.1) is 0 Å². The molecule has 0 saturated carbocycles. The van der Waals surface area contributed by atoms with Crippen LogP contribution < -0.4 is 15.4 Å². The Morgan fingerprint density at radius 3 is 2.64 bits per heavy atom. The molecule has 22 heavy (non-hydrogen) atoms. The third-order valence-corrected chi connectivity index (χ3v) is 3.93. The number of rotatable bonds is 6. The minimum atomic E-state index is -0.0884. The van der Waals surface area contributed by atoms with Crippen molar-refractivity contribution in [2.75, 3.05) is 17.7 Å². The maximum atomic E-state index is 11.7. The van der Waals surface area contributed by atoms with Gasteiger partial charge in [0, 0.05) is 24.6 Å². The van der Waals surface area contributed by atoms with Crippen LogP contribution in [-0.2, 0) is 9.59 Å². The van der Waals surface area contributed by atoms with Crippen molar-refractivity contribution in [3.05, 3.63) is 12.1 Å². The van der Waals surface area contributed by atoms with Crippen molar-refractivity contribution in [1.29, 1.82) is 0 Å². The normalized spacial score (nSPS) is 10.5. The van der Waals surface area contributed by atoms with Gasteiger partial charge in [0.1, 0.15) is 11.3 Å². The number of benzene rings is 1. The number of amides is 2. The number of fused-ring (bicyclic) bond motifs is 1. The van der Waals surface area contributed by atoms with Crippen molar-refractivity contribution in [3.63, 3.8) is 0 Å². The Morgan fingerprint density at radius 2 is 2.00 bits per heavy atom. The molecule has 1 aromatic carbocycles. The molecule has 7 heteroatoms. The Labute approximate surface area is 132 Å². The number of anilines is 2. The zero-order chi connectivity index (χ0) is 16.1. The second-order valence-electron chi connectivity index (χ2n) is 4.74. The molecule has 1 heterocycles. The molecule has 0 unspecified atom stereocenters. The van der Waals surface area contributed by atoms with E-state index < -0.39 is 0 Å². The Morgan fingerprint density at radius 1 is 1.23 bits per heavy atom. The SMILES string of the molecule is CCCC(=O)Nc1cc(OC)c2nc(NC(=O)CC)sc2c1. The number of carbonyl (C=O) groups excluding carboxylic acids is 2. The molecule has 0 fully saturated rings. The summed E-state index contributed by atoms with van der Waals surface area (Å²) in [6.07, 6.45) is 1.66. The number of nitrogens with one attached hydrogen (secondary N) is 2.